The number of halogens is 1. The first-order valence-electron chi connectivity index (χ1n) is 8.09. The van der Waals surface area contributed by atoms with E-state index >= 15 is 0 Å². The molecule has 0 bridgehead atoms. The van der Waals surface area contributed by atoms with Gasteiger partial charge in [0.05, 0.1) is 28.2 Å². The van der Waals surface area contributed by atoms with Crippen molar-refractivity contribution in [1.82, 2.24) is 0 Å². The third-order valence-electron chi connectivity index (χ3n) is 3.51. The molecule has 0 aliphatic rings. The van der Waals surface area contributed by atoms with E-state index in [1.807, 2.05) is 0 Å². The van der Waals surface area contributed by atoms with E-state index in [-0.39, 0.29) is 28.6 Å². The Morgan fingerprint density at radius 1 is 1.32 bits per heavy atom. The van der Waals surface area contributed by atoms with E-state index in [2.05, 4.69) is 6.07 Å². The lowest BCUT2D eigenvalue weighted by atomic mass is 10.0. The summed E-state index contributed by atoms with van der Waals surface area (Å²) in [5, 5.41) is 20.4. The SMILES string of the molecule is CCOc1cc(/C=C(\C#N)c2ccc([N+](=O)[O-])cc2)cc(Cl)c1OCC(N)=O. The van der Waals surface area contributed by atoms with Crippen LogP contribution in [0.1, 0.15) is 18.1 Å². The number of allylic oxidation sites excluding steroid dienone is 1. The quantitative estimate of drug-likeness (QED) is 0.311. The molecule has 0 aliphatic carbocycles. The fraction of sp³-hybridized carbons (Fsp3) is 0.158. The molecule has 2 aromatic carbocycles. The molecule has 2 N–H and O–H groups in total. The van der Waals surface area contributed by atoms with Crippen molar-refractivity contribution in [2.24, 2.45) is 5.73 Å². The number of non-ortho nitro benzene ring substituents is 1. The van der Waals surface area contributed by atoms with Crippen LogP contribution in [0.4, 0.5) is 5.69 Å². The zero-order valence-electron chi connectivity index (χ0n) is 14.8. The Morgan fingerprint density at radius 3 is 2.54 bits per heavy atom. The summed E-state index contributed by atoms with van der Waals surface area (Å²) in [6.45, 7) is 1.73. The highest BCUT2D eigenvalue weighted by atomic mass is 35.5. The van der Waals surface area contributed by atoms with Gasteiger partial charge in [0.25, 0.3) is 11.6 Å². The minimum atomic E-state index is -0.660. The number of benzene rings is 2. The molecule has 0 fully saturated rings. The number of amides is 1. The van der Waals surface area contributed by atoms with Gasteiger partial charge in [0.15, 0.2) is 18.1 Å². The maximum absolute atomic E-state index is 11.0. The summed E-state index contributed by atoms with van der Waals surface area (Å²) in [5.74, 6) is -0.191. The second-order valence-electron chi connectivity index (χ2n) is 5.49. The number of nitrogens with two attached hydrogens (primary N) is 1. The second-order valence-corrected chi connectivity index (χ2v) is 5.90. The molecule has 2 aromatic rings. The number of rotatable bonds is 8. The molecule has 2 rings (SSSR count). The highest BCUT2D eigenvalue weighted by molar-refractivity contribution is 6.32. The minimum absolute atomic E-state index is 0.0707. The Kier molecular flexibility index (Phi) is 6.96. The lowest BCUT2D eigenvalue weighted by molar-refractivity contribution is -0.384. The van der Waals surface area contributed by atoms with Crippen LogP contribution >= 0.6 is 11.6 Å². The molecule has 1 amide bonds. The molecular formula is C19H16ClN3O5. The molecule has 0 aliphatic heterocycles. The fourth-order valence-electron chi connectivity index (χ4n) is 2.33. The Hall–Kier alpha value is -3.57. The number of nitrogens with zero attached hydrogens (tertiary/aromatic N) is 2. The van der Waals surface area contributed by atoms with Crippen molar-refractivity contribution in [2.75, 3.05) is 13.2 Å². The van der Waals surface area contributed by atoms with E-state index in [1.165, 1.54) is 24.3 Å². The van der Waals surface area contributed by atoms with Gasteiger partial charge in [0.2, 0.25) is 0 Å². The van der Waals surface area contributed by atoms with Crippen molar-refractivity contribution in [3.8, 4) is 17.6 Å². The van der Waals surface area contributed by atoms with E-state index < -0.39 is 10.8 Å². The summed E-state index contributed by atoms with van der Waals surface area (Å²) in [7, 11) is 0. The molecule has 0 saturated heterocycles. The number of nitriles is 1. The first-order chi connectivity index (χ1) is 13.3. The molecule has 0 spiro atoms. The number of carbonyl (C=O) groups excluding carboxylic acids is 1. The predicted octanol–water partition coefficient (Wildman–Crippen LogP) is 3.58. The van der Waals surface area contributed by atoms with Gasteiger partial charge in [0.1, 0.15) is 0 Å². The molecule has 28 heavy (non-hydrogen) atoms. The molecule has 0 aromatic heterocycles. The smallest absolute Gasteiger partial charge is 0.269 e. The van der Waals surface area contributed by atoms with Crippen molar-refractivity contribution >= 4 is 34.8 Å². The normalized spacial score (nSPS) is 10.8. The average Bonchev–Trinajstić information content (AvgIpc) is 2.65. The first-order valence-corrected chi connectivity index (χ1v) is 8.47. The van der Waals surface area contributed by atoms with E-state index in [9.17, 15) is 20.2 Å². The summed E-state index contributed by atoms with van der Waals surface area (Å²) in [5.41, 5.74) is 6.35. The van der Waals surface area contributed by atoms with Gasteiger partial charge in [-0.2, -0.15) is 5.26 Å². The van der Waals surface area contributed by atoms with Crippen LogP contribution in [0.15, 0.2) is 36.4 Å². The van der Waals surface area contributed by atoms with Crippen molar-refractivity contribution in [2.45, 2.75) is 6.92 Å². The molecule has 0 heterocycles. The summed E-state index contributed by atoms with van der Waals surface area (Å²) in [4.78, 5) is 21.2. The standard InChI is InChI=1S/C19H16ClN3O5/c1-2-27-17-9-12(8-16(20)19(17)28-11-18(22)24)7-14(10-21)13-3-5-15(6-4-13)23(25)26/h3-9H,2,11H2,1H3,(H2,22,24)/b14-7+. The van der Waals surface area contributed by atoms with Crippen LogP contribution in [-0.2, 0) is 4.79 Å². The topological polar surface area (TPSA) is 128 Å². The van der Waals surface area contributed by atoms with Crippen molar-refractivity contribution in [3.63, 3.8) is 0 Å². The number of hydrogen-bond acceptors (Lipinski definition) is 6. The largest absolute Gasteiger partial charge is 0.490 e. The second kappa shape index (κ2) is 9.39. The van der Waals surface area contributed by atoms with Gasteiger partial charge >= 0.3 is 0 Å². The van der Waals surface area contributed by atoms with E-state index in [0.717, 1.165) is 0 Å². The van der Waals surface area contributed by atoms with Crippen LogP contribution in [0.5, 0.6) is 11.5 Å². The maximum atomic E-state index is 11.0. The van der Waals surface area contributed by atoms with Crippen LogP contribution in [-0.4, -0.2) is 24.0 Å². The van der Waals surface area contributed by atoms with Crippen LogP contribution in [0.3, 0.4) is 0 Å². The number of primary amides is 1. The van der Waals surface area contributed by atoms with E-state index in [1.54, 1.807) is 25.1 Å². The first kappa shape index (κ1) is 20.7. The fourth-order valence-corrected chi connectivity index (χ4v) is 2.60. The van der Waals surface area contributed by atoms with Gasteiger partial charge in [-0.25, -0.2) is 0 Å². The van der Waals surface area contributed by atoms with Crippen molar-refractivity contribution < 1.29 is 19.2 Å². The lowest BCUT2D eigenvalue weighted by Crippen LogP contribution is -2.20. The highest BCUT2D eigenvalue weighted by Crippen LogP contribution is 2.37. The van der Waals surface area contributed by atoms with Gasteiger partial charge in [-0.15, -0.1) is 0 Å². The molecule has 9 heteroatoms. The average molecular weight is 402 g/mol. The maximum Gasteiger partial charge on any atom is 0.269 e. The van der Waals surface area contributed by atoms with Crippen LogP contribution in [0.2, 0.25) is 5.02 Å². The predicted molar refractivity (Wildman–Crippen MR) is 104 cm³/mol. The van der Waals surface area contributed by atoms with Crippen LogP contribution in [0.25, 0.3) is 11.6 Å². The zero-order chi connectivity index (χ0) is 20.7. The molecule has 144 valence electrons. The Balaban J connectivity index is 2.43. The van der Waals surface area contributed by atoms with Crippen LogP contribution in [0, 0.1) is 21.4 Å². The highest BCUT2D eigenvalue weighted by Gasteiger charge is 2.14. The summed E-state index contributed by atoms with van der Waals surface area (Å²) in [6.07, 6.45) is 1.56. The van der Waals surface area contributed by atoms with Gasteiger partial charge in [-0.05, 0) is 48.4 Å². The summed E-state index contributed by atoms with van der Waals surface area (Å²) < 4.78 is 10.8. The van der Waals surface area contributed by atoms with Gasteiger partial charge in [0, 0.05) is 12.1 Å². The zero-order valence-corrected chi connectivity index (χ0v) is 15.6. The number of carbonyl (C=O) groups is 1. The number of hydrogen-bond donors (Lipinski definition) is 1. The van der Waals surface area contributed by atoms with Crippen LogP contribution < -0.4 is 15.2 Å². The molecule has 0 saturated carbocycles. The van der Waals surface area contributed by atoms with Gasteiger partial charge in [-0.1, -0.05) is 11.6 Å². The third kappa shape index (κ3) is 5.22. The number of ether oxygens (including phenoxy) is 2. The van der Waals surface area contributed by atoms with Gasteiger partial charge in [-0.3, -0.25) is 14.9 Å². The molecular weight excluding hydrogens is 386 g/mol. The monoisotopic (exact) mass is 401 g/mol. The summed E-state index contributed by atoms with van der Waals surface area (Å²) >= 11 is 6.24. The minimum Gasteiger partial charge on any atom is -0.490 e. The molecule has 0 unspecified atom stereocenters. The van der Waals surface area contributed by atoms with E-state index in [4.69, 9.17) is 26.8 Å². The van der Waals surface area contributed by atoms with Gasteiger partial charge < -0.3 is 15.2 Å². The summed E-state index contributed by atoms with van der Waals surface area (Å²) in [6, 6.07) is 10.8. The molecule has 0 radical (unpaired) electrons. The Bertz CT molecular complexity index is 965. The van der Waals surface area contributed by atoms with E-state index in [0.29, 0.717) is 23.5 Å². The third-order valence-corrected chi connectivity index (χ3v) is 3.79. The van der Waals surface area contributed by atoms with Crippen molar-refractivity contribution in [1.29, 1.82) is 5.26 Å². The number of nitro benzene ring substituents is 1. The molecule has 0 atom stereocenters. The molecule has 8 nitrogen and oxygen atoms in total. The number of nitro groups is 1. The van der Waals surface area contributed by atoms with Crippen molar-refractivity contribution in [3.05, 3.63) is 62.7 Å². The Morgan fingerprint density at radius 2 is 2.00 bits per heavy atom. The lowest BCUT2D eigenvalue weighted by Gasteiger charge is -2.13. The Labute approximate surface area is 165 Å².